The van der Waals surface area contributed by atoms with Crippen molar-refractivity contribution in [2.75, 3.05) is 13.2 Å². The average molecular weight is 476 g/mol. The molecule has 0 aliphatic carbocycles. The van der Waals surface area contributed by atoms with E-state index in [2.05, 4.69) is 60.1 Å². The molecule has 1 amide bonds. The number of aryl methyl sites for hydroxylation is 1. The van der Waals surface area contributed by atoms with Crippen LogP contribution in [0.5, 0.6) is 5.75 Å². The van der Waals surface area contributed by atoms with Gasteiger partial charge in [0.15, 0.2) is 0 Å². The van der Waals surface area contributed by atoms with E-state index in [0.29, 0.717) is 25.5 Å². The van der Waals surface area contributed by atoms with Gasteiger partial charge in [0.25, 0.3) is 5.91 Å². The second kappa shape index (κ2) is 11.8. The summed E-state index contributed by atoms with van der Waals surface area (Å²) in [5.74, 6) is 2.50. The van der Waals surface area contributed by atoms with E-state index in [1.54, 1.807) is 0 Å². The van der Waals surface area contributed by atoms with Gasteiger partial charge in [-0.05, 0) is 66.5 Å². The Morgan fingerprint density at radius 1 is 1.09 bits per heavy atom. The van der Waals surface area contributed by atoms with E-state index < -0.39 is 0 Å². The van der Waals surface area contributed by atoms with Crippen molar-refractivity contribution in [2.24, 2.45) is 0 Å². The lowest BCUT2D eigenvalue weighted by Crippen LogP contribution is -2.25. The highest BCUT2D eigenvalue weighted by Crippen LogP contribution is 2.22. The number of carbonyl (C=O) groups excluding carboxylic acids is 1. The van der Waals surface area contributed by atoms with Crippen LogP contribution in [-0.4, -0.2) is 28.6 Å². The molecular formula is C28H33N3O2S. The second-order valence-electron chi connectivity index (χ2n) is 8.59. The van der Waals surface area contributed by atoms with Gasteiger partial charge in [-0.25, -0.2) is 4.98 Å². The number of hydrogen-bond acceptors (Lipinski definition) is 4. The van der Waals surface area contributed by atoms with Crippen LogP contribution in [0.3, 0.4) is 0 Å². The van der Waals surface area contributed by atoms with Gasteiger partial charge in [0.1, 0.15) is 11.6 Å². The molecule has 1 atom stereocenters. The van der Waals surface area contributed by atoms with Crippen molar-refractivity contribution in [3.8, 4) is 5.75 Å². The molecule has 0 fully saturated rings. The number of unbranched alkanes of at least 4 members (excludes halogenated alkanes) is 1. The number of nitrogens with one attached hydrogen (secondary N) is 1. The fourth-order valence-corrected chi connectivity index (χ4v) is 4.68. The number of amides is 1. The van der Waals surface area contributed by atoms with Gasteiger partial charge in [0, 0.05) is 19.5 Å². The maximum atomic E-state index is 12.2. The smallest absolute Gasteiger partial charge is 0.261 e. The van der Waals surface area contributed by atoms with Gasteiger partial charge in [0.2, 0.25) is 0 Å². The van der Waals surface area contributed by atoms with Crippen molar-refractivity contribution in [3.05, 3.63) is 82.3 Å². The highest BCUT2D eigenvalue weighted by Gasteiger charge is 2.12. The van der Waals surface area contributed by atoms with Crippen LogP contribution in [0.25, 0.3) is 11.0 Å². The molecule has 5 nitrogen and oxygen atoms in total. The van der Waals surface area contributed by atoms with Crippen molar-refractivity contribution < 1.29 is 9.53 Å². The molecule has 0 saturated heterocycles. The van der Waals surface area contributed by atoms with E-state index in [0.717, 1.165) is 53.3 Å². The van der Waals surface area contributed by atoms with Gasteiger partial charge in [-0.2, -0.15) is 0 Å². The predicted octanol–water partition coefficient (Wildman–Crippen LogP) is 6.44. The van der Waals surface area contributed by atoms with Gasteiger partial charge in [-0.1, -0.05) is 44.2 Å². The lowest BCUT2D eigenvalue weighted by atomic mass is 9.99. The number of fused-ring (bicyclic) bond motifs is 1. The van der Waals surface area contributed by atoms with E-state index in [9.17, 15) is 4.79 Å². The Morgan fingerprint density at radius 3 is 2.68 bits per heavy atom. The Hall–Kier alpha value is -3.12. The summed E-state index contributed by atoms with van der Waals surface area (Å²) in [5, 5.41) is 4.93. The third kappa shape index (κ3) is 6.06. The van der Waals surface area contributed by atoms with Crippen molar-refractivity contribution in [3.63, 3.8) is 0 Å². The van der Waals surface area contributed by atoms with E-state index in [-0.39, 0.29) is 5.91 Å². The molecule has 0 saturated carbocycles. The molecule has 1 unspecified atom stereocenters. The Kier molecular flexibility index (Phi) is 8.36. The number of para-hydroxylation sites is 2. The third-order valence-corrected chi connectivity index (χ3v) is 7.09. The Bertz CT molecular complexity index is 1180. The first-order chi connectivity index (χ1) is 16.7. The highest BCUT2D eigenvalue weighted by molar-refractivity contribution is 7.12. The minimum Gasteiger partial charge on any atom is -0.494 e. The lowest BCUT2D eigenvalue weighted by Gasteiger charge is -2.12. The highest BCUT2D eigenvalue weighted by atomic mass is 32.1. The number of rotatable bonds is 12. The summed E-state index contributed by atoms with van der Waals surface area (Å²) in [6, 6.07) is 20.5. The summed E-state index contributed by atoms with van der Waals surface area (Å²) in [6.07, 6.45) is 3.81. The number of imidazole rings is 1. The largest absolute Gasteiger partial charge is 0.494 e. The SMILES string of the molecule is CCC(C)c1ccc(OCCCCn2c(CCNC(=O)c3cccs3)nc3ccccc32)cc1. The quantitative estimate of drug-likeness (QED) is 0.240. The molecule has 2 heterocycles. The van der Waals surface area contributed by atoms with Crippen molar-refractivity contribution in [2.45, 2.75) is 52.0 Å². The number of benzene rings is 2. The molecule has 0 aliphatic heterocycles. The number of nitrogens with zero attached hydrogens (tertiary/aromatic N) is 2. The Labute approximate surface area is 205 Å². The summed E-state index contributed by atoms with van der Waals surface area (Å²) in [6.45, 7) is 6.61. The van der Waals surface area contributed by atoms with E-state index in [1.165, 1.54) is 16.9 Å². The molecule has 0 spiro atoms. The van der Waals surface area contributed by atoms with Crippen LogP contribution in [-0.2, 0) is 13.0 Å². The first-order valence-corrected chi connectivity index (χ1v) is 13.0. The van der Waals surface area contributed by atoms with E-state index >= 15 is 0 Å². The van der Waals surface area contributed by atoms with Crippen molar-refractivity contribution in [1.82, 2.24) is 14.9 Å². The molecule has 2 aromatic heterocycles. The molecule has 0 bridgehead atoms. The molecule has 2 aromatic carbocycles. The average Bonchev–Trinajstić information content (AvgIpc) is 3.52. The number of aromatic nitrogens is 2. The summed E-state index contributed by atoms with van der Waals surface area (Å²) >= 11 is 1.46. The molecule has 6 heteroatoms. The molecule has 0 aliphatic rings. The van der Waals surface area contributed by atoms with Crippen LogP contribution in [0.15, 0.2) is 66.0 Å². The summed E-state index contributed by atoms with van der Waals surface area (Å²) in [7, 11) is 0. The summed E-state index contributed by atoms with van der Waals surface area (Å²) < 4.78 is 8.25. The van der Waals surface area contributed by atoms with Crippen molar-refractivity contribution in [1.29, 1.82) is 0 Å². The number of thiophene rings is 1. The topological polar surface area (TPSA) is 56.1 Å². The fourth-order valence-electron chi connectivity index (χ4n) is 4.04. The van der Waals surface area contributed by atoms with Crippen LogP contribution in [0.2, 0.25) is 0 Å². The summed E-state index contributed by atoms with van der Waals surface area (Å²) in [4.78, 5) is 17.8. The van der Waals surface area contributed by atoms with Gasteiger partial charge < -0.3 is 14.6 Å². The lowest BCUT2D eigenvalue weighted by molar-refractivity contribution is 0.0958. The molecule has 178 valence electrons. The third-order valence-electron chi connectivity index (χ3n) is 6.22. The predicted molar refractivity (Wildman–Crippen MR) is 140 cm³/mol. The number of hydrogen-bond donors (Lipinski definition) is 1. The zero-order valence-electron chi connectivity index (χ0n) is 20.0. The molecule has 0 radical (unpaired) electrons. The second-order valence-corrected chi connectivity index (χ2v) is 9.53. The van der Waals surface area contributed by atoms with Crippen LogP contribution >= 0.6 is 11.3 Å². The number of ether oxygens (including phenoxy) is 1. The van der Waals surface area contributed by atoms with E-state index in [4.69, 9.17) is 9.72 Å². The van der Waals surface area contributed by atoms with Crippen LogP contribution in [0.4, 0.5) is 0 Å². The monoisotopic (exact) mass is 475 g/mol. The number of carbonyl (C=O) groups is 1. The van der Waals surface area contributed by atoms with Gasteiger partial charge >= 0.3 is 0 Å². The summed E-state index contributed by atoms with van der Waals surface area (Å²) in [5.41, 5.74) is 3.50. The Balaban J connectivity index is 1.29. The normalized spacial score (nSPS) is 12.1. The van der Waals surface area contributed by atoms with Crippen LogP contribution < -0.4 is 10.1 Å². The molecular weight excluding hydrogens is 442 g/mol. The molecule has 34 heavy (non-hydrogen) atoms. The minimum atomic E-state index is -0.0213. The first-order valence-electron chi connectivity index (χ1n) is 12.1. The standard InChI is InChI=1S/C28H33N3O2S/c1-3-21(2)22-12-14-23(15-13-22)33-19-7-6-18-31-25-10-5-4-9-24(25)30-27(31)16-17-29-28(32)26-11-8-20-34-26/h4-5,8-15,20-21H,3,6-7,16-19H2,1-2H3,(H,29,32). The first kappa shape index (κ1) is 24.0. The van der Waals surface area contributed by atoms with Gasteiger partial charge in [-0.3, -0.25) is 4.79 Å². The fraction of sp³-hybridized carbons (Fsp3) is 0.357. The van der Waals surface area contributed by atoms with Crippen LogP contribution in [0.1, 0.15) is 60.1 Å². The maximum absolute atomic E-state index is 12.2. The maximum Gasteiger partial charge on any atom is 0.261 e. The zero-order valence-corrected chi connectivity index (χ0v) is 20.8. The molecule has 4 rings (SSSR count). The molecule has 1 N–H and O–H groups in total. The molecule has 4 aromatic rings. The van der Waals surface area contributed by atoms with Gasteiger partial charge in [-0.15, -0.1) is 11.3 Å². The zero-order chi connectivity index (χ0) is 23.8. The van der Waals surface area contributed by atoms with Crippen molar-refractivity contribution >= 4 is 28.3 Å². The minimum absolute atomic E-state index is 0.0213. The Morgan fingerprint density at radius 2 is 1.91 bits per heavy atom. The van der Waals surface area contributed by atoms with E-state index in [1.807, 2.05) is 29.6 Å². The van der Waals surface area contributed by atoms with Gasteiger partial charge in [0.05, 0.1) is 22.5 Å². The van der Waals surface area contributed by atoms with Crippen LogP contribution in [0, 0.1) is 0 Å².